The zero-order valence-corrected chi connectivity index (χ0v) is 15.7. The molecule has 1 N–H and O–H groups in total. The van der Waals surface area contributed by atoms with Gasteiger partial charge in [0.25, 0.3) is 5.91 Å². The quantitative estimate of drug-likeness (QED) is 0.841. The molecule has 0 saturated carbocycles. The van der Waals surface area contributed by atoms with Crippen molar-refractivity contribution in [3.8, 4) is 11.5 Å². The molecule has 27 heavy (non-hydrogen) atoms. The van der Waals surface area contributed by atoms with E-state index in [0.29, 0.717) is 48.0 Å². The Bertz CT molecular complexity index is 835. The molecule has 0 radical (unpaired) electrons. The Kier molecular flexibility index (Phi) is 5.96. The molecule has 1 heterocycles. The van der Waals surface area contributed by atoms with Gasteiger partial charge in [0.05, 0.1) is 25.0 Å². The van der Waals surface area contributed by atoms with Crippen molar-refractivity contribution in [2.75, 3.05) is 30.5 Å². The topological polar surface area (TPSA) is 67.9 Å². The highest BCUT2D eigenvalue weighted by Gasteiger charge is 2.23. The van der Waals surface area contributed by atoms with Crippen molar-refractivity contribution in [2.24, 2.45) is 0 Å². The standard InChI is InChI=1S/C21H24N2O4/c1-3-27-18-9-5-4-8-16(18)21(25)22-15-11-12-19(26-2)17(14-15)23-13-7-6-10-20(23)24/h4-5,8-9,11-12,14H,3,6-7,10,13H2,1-2H3,(H,22,25). The maximum Gasteiger partial charge on any atom is 0.259 e. The molecule has 1 aliphatic heterocycles. The van der Waals surface area contributed by atoms with E-state index in [9.17, 15) is 9.59 Å². The van der Waals surface area contributed by atoms with E-state index in [1.165, 1.54) is 0 Å². The van der Waals surface area contributed by atoms with Crippen LogP contribution in [0.5, 0.6) is 11.5 Å². The first-order valence-corrected chi connectivity index (χ1v) is 9.15. The Morgan fingerprint density at radius 3 is 2.70 bits per heavy atom. The van der Waals surface area contributed by atoms with Crippen LogP contribution in [0.4, 0.5) is 11.4 Å². The number of carbonyl (C=O) groups excluding carboxylic acids is 2. The van der Waals surface area contributed by atoms with Crippen LogP contribution in [0.1, 0.15) is 36.5 Å². The highest BCUT2D eigenvalue weighted by atomic mass is 16.5. The van der Waals surface area contributed by atoms with Gasteiger partial charge in [-0.15, -0.1) is 0 Å². The summed E-state index contributed by atoms with van der Waals surface area (Å²) in [4.78, 5) is 26.7. The molecule has 2 aromatic carbocycles. The summed E-state index contributed by atoms with van der Waals surface area (Å²) in [6, 6.07) is 12.4. The van der Waals surface area contributed by atoms with Crippen LogP contribution in [-0.4, -0.2) is 32.1 Å². The Hall–Kier alpha value is -3.02. The Balaban J connectivity index is 1.86. The summed E-state index contributed by atoms with van der Waals surface area (Å²) >= 11 is 0. The van der Waals surface area contributed by atoms with Crippen molar-refractivity contribution in [2.45, 2.75) is 26.2 Å². The number of anilines is 2. The van der Waals surface area contributed by atoms with Crippen molar-refractivity contribution in [1.29, 1.82) is 0 Å². The lowest BCUT2D eigenvalue weighted by molar-refractivity contribution is -0.119. The van der Waals surface area contributed by atoms with Crippen LogP contribution in [0.25, 0.3) is 0 Å². The second kappa shape index (κ2) is 8.58. The summed E-state index contributed by atoms with van der Waals surface area (Å²) in [6.07, 6.45) is 2.39. The molecule has 6 nitrogen and oxygen atoms in total. The molecule has 1 aliphatic rings. The van der Waals surface area contributed by atoms with Crippen molar-refractivity contribution in [3.05, 3.63) is 48.0 Å². The van der Waals surface area contributed by atoms with Gasteiger partial charge in [0, 0.05) is 18.7 Å². The summed E-state index contributed by atoms with van der Waals surface area (Å²) < 4.78 is 10.9. The minimum atomic E-state index is -0.264. The van der Waals surface area contributed by atoms with Crippen LogP contribution in [-0.2, 0) is 4.79 Å². The molecule has 0 aliphatic carbocycles. The minimum Gasteiger partial charge on any atom is -0.495 e. The molecule has 0 spiro atoms. The highest BCUT2D eigenvalue weighted by molar-refractivity contribution is 6.06. The molecular weight excluding hydrogens is 344 g/mol. The fourth-order valence-electron chi connectivity index (χ4n) is 3.17. The van der Waals surface area contributed by atoms with Gasteiger partial charge in [0.1, 0.15) is 11.5 Å². The molecule has 142 valence electrons. The predicted molar refractivity (Wildman–Crippen MR) is 105 cm³/mol. The first-order chi connectivity index (χ1) is 13.1. The third-order valence-corrected chi connectivity index (χ3v) is 4.48. The zero-order chi connectivity index (χ0) is 19.2. The van der Waals surface area contributed by atoms with Gasteiger partial charge in [-0.25, -0.2) is 0 Å². The smallest absolute Gasteiger partial charge is 0.259 e. The number of methoxy groups -OCH3 is 1. The van der Waals surface area contributed by atoms with Crippen LogP contribution in [0.15, 0.2) is 42.5 Å². The summed E-state index contributed by atoms with van der Waals surface area (Å²) in [7, 11) is 1.57. The van der Waals surface area contributed by atoms with Gasteiger partial charge >= 0.3 is 0 Å². The van der Waals surface area contributed by atoms with Crippen LogP contribution < -0.4 is 19.7 Å². The second-order valence-electron chi connectivity index (χ2n) is 6.27. The van der Waals surface area contributed by atoms with E-state index in [0.717, 1.165) is 12.8 Å². The number of amides is 2. The van der Waals surface area contributed by atoms with E-state index in [-0.39, 0.29) is 11.8 Å². The molecular formula is C21H24N2O4. The van der Waals surface area contributed by atoms with E-state index in [1.807, 2.05) is 13.0 Å². The predicted octanol–water partition coefficient (Wildman–Crippen LogP) is 3.86. The molecule has 0 aromatic heterocycles. The maximum atomic E-state index is 12.7. The number of benzene rings is 2. The molecule has 1 fully saturated rings. The lowest BCUT2D eigenvalue weighted by Gasteiger charge is -2.28. The minimum absolute atomic E-state index is 0.0738. The first kappa shape index (κ1) is 18.8. The van der Waals surface area contributed by atoms with Crippen molar-refractivity contribution >= 4 is 23.2 Å². The van der Waals surface area contributed by atoms with Gasteiger partial charge in [-0.05, 0) is 50.1 Å². The fourth-order valence-corrected chi connectivity index (χ4v) is 3.17. The number of para-hydroxylation sites is 1. The second-order valence-corrected chi connectivity index (χ2v) is 6.27. The Morgan fingerprint density at radius 1 is 1.15 bits per heavy atom. The van der Waals surface area contributed by atoms with E-state index in [1.54, 1.807) is 48.4 Å². The zero-order valence-electron chi connectivity index (χ0n) is 15.7. The van der Waals surface area contributed by atoms with Crippen LogP contribution >= 0.6 is 0 Å². The third-order valence-electron chi connectivity index (χ3n) is 4.48. The van der Waals surface area contributed by atoms with E-state index >= 15 is 0 Å². The Morgan fingerprint density at radius 2 is 1.96 bits per heavy atom. The van der Waals surface area contributed by atoms with Gasteiger partial charge < -0.3 is 19.7 Å². The summed E-state index contributed by atoms with van der Waals surface area (Å²) in [5.74, 6) is 0.959. The Labute approximate surface area is 159 Å². The van der Waals surface area contributed by atoms with Gasteiger partial charge in [-0.2, -0.15) is 0 Å². The largest absolute Gasteiger partial charge is 0.495 e. The van der Waals surface area contributed by atoms with Crippen LogP contribution in [0, 0.1) is 0 Å². The van der Waals surface area contributed by atoms with Gasteiger partial charge in [-0.3, -0.25) is 9.59 Å². The van der Waals surface area contributed by atoms with Crippen LogP contribution in [0.2, 0.25) is 0 Å². The normalized spacial score (nSPS) is 14.0. The lowest BCUT2D eigenvalue weighted by atomic mass is 10.1. The number of nitrogens with one attached hydrogen (secondary N) is 1. The lowest BCUT2D eigenvalue weighted by Crippen LogP contribution is -2.35. The van der Waals surface area contributed by atoms with E-state index in [2.05, 4.69) is 5.32 Å². The highest BCUT2D eigenvalue weighted by Crippen LogP contribution is 2.34. The monoisotopic (exact) mass is 368 g/mol. The fraction of sp³-hybridized carbons (Fsp3) is 0.333. The number of hydrogen-bond donors (Lipinski definition) is 1. The number of carbonyl (C=O) groups is 2. The van der Waals surface area contributed by atoms with E-state index in [4.69, 9.17) is 9.47 Å². The van der Waals surface area contributed by atoms with Crippen molar-refractivity contribution < 1.29 is 19.1 Å². The molecule has 2 amide bonds. The molecule has 3 rings (SSSR count). The molecule has 1 saturated heterocycles. The number of ether oxygens (including phenoxy) is 2. The molecule has 6 heteroatoms. The molecule has 0 bridgehead atoms. The summed E-state index contributed by atoms with van der Waals surface area (Å²) in [5, 5.41) is 2.89. The van der Waals surface area contributed by atoms with Gasteiger partial charge in [0.2, 0.25) is 5.91 Å². The number of piperidine rings is 1. The third kappa shape index (κ3) is 4.22. The average molecular weight is 368 g/mol. The molecule has 0 atom stereocenters. The van der Waals surface area contributed by atoms with Gasteiger partial charge in [0.15, 0.2) is 0 Å². The van der Waals surface area contributed by atoms with Crippen molar-refractivity contribution in [3.63, 3.8) is 0 Å². The molecule has 2 aromatic rings. The molecule has 0 unspecified atom stereocenters. The van der Waals surface area contributed by atoms with Gasteiger partial charge in [-0.1, -0.05) is 12.1 Å². The summed E-state index contributed by atoms with van der Waals surface area (Å²) in [5.41, 5.74) is 1.74. The maximum absolute atomic E-state index is 12.7. The average Bonchev–Trinajstić information content (AvgIpc) is 2.69. The summed E-state index contributed by atoms with van der Waals surface area (Å²) in [6.45, 7) is 3.01. The van der Waals surface area contributed by atoms with Crippen LogP contribution in [0.3, 0.4) is 0 Å². The number of nitrogens with zero attached hydrogens (tertiary/aromatic N) is 1. The first-order valence-electron chi connectivity index (χ1n) is 9.15. The SMILES string of the molecule is CCOc1ccccc1C(=O)Nc1ccc(OC)c(N2CCCCC2=O)c1. The van der Waals surface area contributed by atoms with Crippen molar-refractivity contribution in [1.82, 2.24) is 0 Å². The number of rotatable bonds is 6. The number of hydrogen-bond acceptors (Lipinski definition) is 4. The van der Waals surface area contributed by atoms with E-state index < -0.39 is 0 Å².